The summed E-state index contributed by atoms with van der Waals surface area (Å²) in [4.78, 5) is 11.3. The molecule has 0 saturated heterocycles. The quantitative estimate of drug-likeness (QED) is 0.817. The van der Waals surface area contributed by atoms with E-state index in [0.29, 0.717) is 17.1 Å². The molecule has 24 heavy (non-hydrogen) atoms. The molecular weight excluding hydrogens is 351 g/mol. The third kappa shape index (κ3) is 4.10. The van der Waals surface area contributed by atoms with Gasteiger partial charge in [0.15, 0.2) is 11.5 Å². The monoisotopic (exact) mass is 361 g/mol. The van der Waals surface area contributed by atoms with Crippen LogP contribution >= 0.6 is 11.8 Å². The molecule has 0 saturated carbocycles. The van der Waals surface area contributed by atoms with Gasteiger partial charge in [0.25, 0.3) is 5.22 Å². The van der Waals surface area contributed by atoms with E-state index in [4.69, 9.17) is 13.9 Å². The van der Waals surface area contributed by atoms with E-state index in [-0.39, 0.29) is 23.7 Å². The molecule has 0 unspecified atom stereocenters. The smallest absolute Gasteiger partial charge is 0.405 e. The highest BCUT2D eigenvalue weighted by atomic mass is 32.2. The number of nitrogens with zero attached hydrogens (tertiary/aromatic N) is 2. The summed E-state index contributed by atoms with van der Waals surface area (Å²) in [6, 6.07) is 5.06. The van der Waals surface area contributed by atoms with Crippen LogP contribution in [0.25, 0.3) is 11.5 Å². The van der Waals surface area contributed by atoms with Gasteiger partial charge in [-0.2, -0.15) is 13.2 Å². The maximum absolute atomic E-state index is 12.0. The van der Waals surface area contributed by atoms with Gasteiger partial charge >= 0.3 is 6.18 Å². The van der Waals surface area contributed by atoms with E-state index in [1.165, 1.54) is 0 Å². The van der Waals surface area contributed by atoms with Crippen LogP contribution in [0.15, 0.2) is 27.8 Å². The van der Waals surface area contributed by atoms with Crippen LogP contribution in [-0.4, -0.2) is 41.4 Å². The Balaban J connectivity index is 1.57. The number of aromatic nitrogens is 2. The van der Waals surface area contributed by atoms with E-state index < -0.39 is 18.6 Å². The van der Waals surface area contributed by atoms with Crippen LogP contribution in [-0.2, 0) is 4.79 Å². The van der Waals surface area contributed by atoms with Crippen molar-refractivity contribution in [2.75, 3.05) is 19.1 Å². The van der Waals surface area contributed by atoms with Crippen molar-refractivity contribution >= 4 is 17.7 Å². The van der Waals surface area contributed by atoms with Crippen LogP contribution < -0.4 is 14.8 Å². The van der Waals surface area contributed by atoms with Gasteiger partial charge in [-0.05, 0) is 18.2 Å². The lowest BCUT2D eigenvalue weighted by Gasteiger charge is -2.06. The molecule has 1 aromatic heterocycles. The predicted molar refractivity (Wildman–Crippen MR) is 75.6 cm³/mol. The van der Waals surface area contributed by atoms with E-state index in [0.717, 1.165) is 11.8 Å². The Bertz CT molecular complexity index is 750. The molecule has 7 nitrogen and oxygen atoms in total. The van der Waals surface area contributed by atoms with Crippen molar-refractivity contribution in [3.63, 3.8) is 0 Å². The molecule has 1 N–H and O–H groups in total. The first-order valence-corrected chi connectivity index (χ1v) is 7.59. The van der Waals surface area contributed by atoms with Crippen molar-refractivity contribution in [3.8, 4) is 23.0 Å². The van der Waals surface area contributed by atoms with Crippen molar-refractivity contribution in [1.29, 1.82) is 0 Å². The van der Waals surface area contributed by atoms with Gasteiger partial charge in [0.1, 0.15) is 6.54 Å². The molecule has 1 aliphatic heterocycles. The summed E-state index contributed by atoms with van der Waals surface area (Å²) in [5.41, 5.74) is 0.597. The molecule has 3 rings (SSSR count). The maximum atomic E-state index is 12.0. The summed E-state index contributed by atoms with van der Waals surface area (Å²) in [7, 11) is 0. The van der Waals surface area contributed by atoms with Gasteiger partial charge in [-0.15, -0.1) is 10.2 Å². The molecule has 0 radical (unpaired) electrons. The third-order valence-corrected chi connectivity index (χ3v) is 3.66. The minimum atomic E-state index is -4.45. The molecule has 1 amide bonds. The van der Waals surface area contributed by atoms with Crippen molar-refractivity contribution in [3.05, 3.63) is 18.2 Å². The molecule has 0 fully saturated rings. The Hall–Kier alpha value is -2.43. The molecule has 2 aromatic rings. The fraction of sp³-hybridized carbons (Fsp3) is 0.308. The number of fused-ring (bicyclic) bond motifs is 1. The Labute approximate surface area is 137 Å². The lowest BCUT2D eigenvalue weighted by atomic mass is 10.2. The van der Waals surface area contributed by atoms with Gasteiger partial charge < -0.3 is 19.2 Å². The average molecular weight is 361 g/mol. The Morgan fingerprint density at radius 1 is 1.25 bits per heavy atom. The van der Waals surface area contributed by atoms with E-state index in [1.54, 1.807) is 23.5 Å². The van der Waals surface area contributed by atoms with Crippen LogP contribution in [0.3, 0.4) is 0 Å². The topological polar surface area (TPSA) is 86.5 Å². The van der Waals surface area contributed by atoms with Gasteiger partial charge in [0, 0.05) is 5.56 Å². The number of hydrogen-bond donors (Lipinski definition) is 1. The van der Waals surface area contributed by atoms with Gasteiger partial charge in [0.05, 0.1) is 5.75 Å². The summed E-state index contributed by atoms with van der Waals surface area (Å²) in [5.74, 6) is 0.311. The standard InChI is InChI=1S/C13H10F3N3O4S/c14-13(15,16)5-17-10(20)4-24-12-19-18-11(23-12)7-1-2-8-9(3-7)22-6-21-8/h1-3H,4-6H2,(H,17,20). The molecule has 0 bridgehead atoms. The van der Waals surface area contributed by atoms with Crippen LogP contribution in [0.5, 0.6) is 11.5 Å². The molecular formula is C13H10F3N3O4S. The zero-order chi connectivity index (χ0) is 17.2. The number of hydrogen-bond acceptors (Lipinski definition) is 7. The highest BCUT2D eigenvalue weighted by molar-refractivity contribution is 7.99. The molecule has 128 valence electrons. The van der Waals surface area contributed by atoms with Crippen LogP contribution in [0.2, 0.25) is 0 Å². The first-order valence-electron chi connectivity index (χ1n) is 6.60. The summed E-state index contributed by atoms with van der Waals surface area (Å²) >= 11 is 0.844. The predicted octanol–water partition coefficient (Wildman–Crippen LogP) is 2.24. The maximum Gasteiger partial charge on any atom is 0.405 e. The number of amides is 1. The number of benzene rings is 1. The normalized spacial score (nSPS) is 13.1. The molecule has 0 spiro atoms. The van der Waals surface area contributed by atoms with Gasteiger partial charge in [-0.3, -0.25) is 4.79 Å². The Morgan fingerprint density at radius 3 is 2.83 bits per heavy atom. The summed E-state index contributed by atoms with van der Waals surface area (Å²) in [6.45, 7) is -1.24. The van der Waals surface area contributed by atoms with E-state index in [9.17, 15) is 18.0 Å². The Morgan fingerprint density at radius 2 is 2.04 bits per heavy atom. The number of thioether (sulfide) groups is 1. The lowest BCUT2D eigenvalue weighted by Crippen LogP contribution is -2.34. The molecule has 2 heterocycles. The number of halogens is 3. The number of rotatable bonds is 5. The van der Waals surface area contributed by atoms with Gasteiger partial charge in [-0.1, -0.05) is 11.8 Å². The molecule has 0 atom stereocenters. The summed E-state index contributed by atoms with van der Waals surface area (Å²) in [6.07, 6.45) is -4.45. The fourth-order valence-electron chi connectivity index (χ4n) is 1.79. The van der Waals surface area contributed by atoms with Crippen LogP contribution in [0, 0.1) is 0 Å². The second kappa shape index (κ2) is 6.59. The largest absolute Gasteiger partial charge is 0.454 e. The van der Waals surface area contributed by atoms with Gasteiger partial charge in [-0.25, -0.2) is 0 Å². The first kappa shape index (κ1) is 16.4. The SMILES string of the molecule is O=C(CSc1nnc(-c2ccc3c(c2)OCO3)o1)NCC(F)(F)F. The van der Waals surface area contributed by atoms with Crippen LogP contribution in [0.1, 0.15) is 0 Å². The first-order chi connectivity index (χ1) is 11.4. The minimum Gasteiger partial charge on any atom is -0.454 e. The highest BCUT2D eigenvalue weighted by Crippen LogP contribution is 2.35. The average Bonchev–Trinajstić information content (AvgIpc) is 3.18. The number of carbonyl (C=O) groups excluding carboxylic acids is 1. The number of ether oxygens (including phenoxy) is 2. The summed E-state index contributed by atoms with van der Waals surface area (Å²) < 4.78 is 51.7. The zero-order valence-corrected chi connectivity index (χ0v) is 12.7. The minimum absolute atomic E-state index is 0.0739. The van der Waals surface area contributed by atoms with Crippen molar-refractivity contribution in [1.82, 2.24) is 15.5 Å². The number of nitrogens with one attached hydrogen (secondary N) is 1. The van der Waals surface area contributed by atoms with E-state index in [1.807, 2.05) is 0 Å². The number of carbonyl (C=O) groups is 1. The number of alkyl halides is 3. The van der Waals surface area contributed by atoms with Crippen molar-refractivity contribution < 1.29 is 31.9 Å². The van der Waals surface area contributed by atoms with Crippen LogP contribution in [0.4, 0.5) is 13.2 Å². The Kier molecular flexibility index (Phi) is 4.51. The molecule has 1 aromatic carbocycles. The fourth-order valence-corrected chi connectivity index (χ4v) is 2.38. The molecule has 1 aliphatic rings. The molecule has 11 heteroatoms. The van der Waals surface area contributed by atoms with Crippen molar-refractivity contribution in [2.24, 2.45) is 0 Å². The molecule has 0 aliphatic carbocycles. The second-order valence-corrected chi connectivity index (χ2v) is 5.55. The van der Waals surface area contributed by atoms with E-state index in [2.05, 4.69) is 10.2 Å². The second-order valence-electron chi connectivity index (χ2n) is 4.62. The van der Waals surface area contributed by atoms with Gasteiger partial charge in [0.2, 0.25) is 18.6 Å². The summed E-state index contributed by atoms with van der Waals surface area (Å²) in [5, 5.41) is 9.40. The highest BCUT2D eigenvalue weighted by Gasteiger charge is 2.27. The zero-order valence-electron chi connectivity index (χ0n) is 11.9. The van der Waals surface area contributed by atoms with Crippen molar-refractivity contribution in [2.45, 2.75) is 11.4 Å². The third-order valence-electron chi connectivity index (χ3n) is 2.84. The lowest BCUT2D eigenvalue weighted by molar-refractivity contribution is -0.136. The van der Waals surface area contributed by atoms with E-state index >= 15 is 0 Å².